The maximum atomic E-state index is 13.4. The summed E-state index contributed by atoms with van der Waals surface area (Å²) < 4.78 is 43.3. The minimum Gasteiger partial charge on any atom is -0.316 e. The molecule has 0 radical (unpaired) electrons. The monoisotopic (exact) mass is 370 g/mol. The van der Waals surface area contributed by atoms with Crippen LogP contribution in [-0.2, 0) is 12.7 Å². The average molecular weight is 370 g/mol. The SMILES string of the molecule is Cc1cc(C)n(-c2ccc(Cn3c(C(F)(F)F)nc4ccccc43)cc2)n1. The standard InChI is InChI=1S/C20H17F3N4/c1-13-11-14(2)27(25-13)16-9-7-15(8-10-16)12-26-18-6-4-3-5-17(18)24-19(26)20(21,22)23/h3-11H,12H2,1-2H3. The Labute approximate surface area is 153 Å². The lowest BCUT2D eigenvalue weighted by atomic mass is 10.2. The highest BCUT2D eigenvalue weighted by molar-refractivity contribution is 5.76. The second kappa shape index (κ2) is 6.26. The molecular weight excluding hydrogens is 353 g/mol. The van der Waals surface area contributed by atoms with Gasteiger partial charge in [0, 0.05) is 12.2 Å². The van der Waals surface area contributed by atoms with E-state index in [2.05, 4.69) is 10.1 Å². The number of halogens is 3. The van der Waals surface area contributed by atoms with E-state index in [4.69, 9.17) is 0 Å². The van der Waals surface area contributed by atoms with Gasteiger partial charge in [-0.2, -0.15) is 18.3 Å². The first-order valence-electron chi connectivity index (χ1n) is 8.48. The van der Waals surface area contributed by atoms with Crippen molar-refractivity contribution in [2.45, 2.75) is 26.6 Å². The van der Waals surface area contributed by atoms with E-state index in [9.17, 15) is 13.2 Å². The summed E-state index contributed by atoms with van der Waals surface area (Å²) in [6, 6.07) is 16.0. The predicted octanol–water partition coefficient (Wildman–Crippen LogP) is 4.91. The molecule has 2 aromatic carbocycles. The molecule has 4 aromatic rings. The molecule has 0 saturated carbocycles. The van der Waals surface area contributed by atoms with Gasteiger partial charge >= 0.3 is 6.18 Å². The fourth-order valence-corrected chi connectivity index (χ4v) is 3.27. The molecule has 138 valence electrons. The Morgan fingerprint density at radius 2 is 1.67 bits per heavy atom. The topological polar surface area (TPSA) is 35.6 Å². The van der Waals surface area contributed by atoms with Crippen LogP contribution in [0.2, 0.25) is 0 Å². The van der Waals surface area contributed by atoms with Crippen LogP contribution in [0.15, 0.2) is 54.6 Å². The van der Waals surface area contributed by atoms with Crippen LogP contribution in [-0.4, -0.2) is 19.3 Å². The number of aryl methyl sites for hydroxylation is 2. The van der Waals surface area contributed by atoms with Gasteiger partial charge in [-0.15, -0.1) is 0 Å². The van der Waals surface area contributed by atoms with Gasteiger partial charge in [0.05, 0.1) is 22.4 Å². The molecule has 27 heavy (non-hydrogen) atoms. The molecule has 0 aliphatic rings. The van der Waals surface area contributed by atoms with E-state index in [-0.39, 0.29) is 6.54 Å². The second-order valence-electron chi connectivity index (χ2n) is 6.51. The minimum atomic E-state index is -4.51. The first-order chi connectivity index (χ1) is 12.8. The molecule has 2 aromatic heterocycles. The van der Waals surface area contributed by atoms with Gasteiger partial charge in [-0.05, 0) is 49.7 Å². The van der Waals surface area contributed by atoms with Gasteiger partial charge < -0.3 is 4.57 Å². The van der Waals surface area contributed by atoms with Crippen LogP contribution in [0.3, 0.4) is 0 Å². The number of fused-ring (bicyclic) bond motifs is 1. The summed E-state index contributed by atoms with van der Waals surface area (Å²) in [5.41, 5.74) is 4.35. The van der Waals surface area contributed by atoms with Crippen LogP contribution in [0.1, 0.15) is 22.8 Å². The highest BCUT2D eigenvalue weighted by Gasteiger charge is 2.37. The Morgan fingerprint density at radius 1 is 0.963 bits per heavy atom. The van der Waals surface area contributed by atoms with Gasteiger partial charge in [-0.3, -0.25) is 0 Å². The van der Waals surface area contributed by atoms with E-state index in [0.29, 0.717) is 11.0 Å². The molecular formula is C20H17F3N4. The maximum absolute atomic E-state index is 13.4. The number of rotatable bonds is 3. The minimum absolute atomic E-state index is 0.0900. The quantitative estimate of drug-likeness (QED) is 0.514. The number of hydrogen-bond donors (Lipinski definition) is 0. The fourth-order valence-electron chi connectivity index (χ4n) is 3.27. The van der Waals surface area contributed by atoms with E-state index in [1.807, 2.05) is 48.9 Å². The summed E-state index contributed by atoms with van der Waals surface area (Å²) in [6.07, 6.45) is -4.51. The van der Waals surface area contributed by atoms with Crippen molar-refractivity contribution in [3.63, 3.8) is 0 Å². The first-order valence-corrected chi connectivity index (χ1v) is 8.48. The average Bonchev–Trinajstić information content (AvgIpc) is 3.16. The third-order valence-corrected chi connectivity index (χ3v) is 4.44. The summed E-state index contributed by atoms with van der Waals surface area (Å²) in [5.74, 6) is -0.883. The number of nitrogens with zero attached hydrogens (tertiary/aromatic N) is 4. The van der Waals surface area contributed by atoms with Crippen molar-refractivity contribution in [2.24, 2.45) is 0 Å². The second-order valence-corrected chi connectivity index (χ2v) is 6.51. The summed E-state index contributed by atoms with van der Waals surface area (Å²) in [5, 5.41) is 4.43. The molecule has 0 N–H and O–H groups in total. The number of aromatic nitrogens is 4. The van der Waals surface area contributed by atoms with Crippen molar-refractivity contribution in [3.8, 4) is 5.69 Å². The van der Waals surface area contributed by atoms with Crippen molar-refractivity contribution < 1.29 is 13.2 Å². The third kappa shape index (κ3) is 3.20. The molecule has 0 atom stereocenters. The van der Waals surface area contributed by atoms with E-state index in [0.717, 1.165) is 22.6 Å². The maximum Gasteiger partial charge on any atom is 0.449 e. The molecule has 4 rings (SSSR count). The molecule has 0 fully saturated rings. The Kier molecular flexibility index (Phi) is 4.02. The molecule has 0 bridgehead atoms. The Morgan fingerprint density at radius 3 is 2.30 bits per heavy atom. The molecule has 4 nitrogen and oxygen atoms in total. The molecule has 0 saturated heterocycles. The number of imidazole rings is 1. The van der Waals surface area contributed by atoms with Gasteiger partial charge in [0.25, 0.3) is 0 Å². The summed E-state index contributed by atoms with van der Waals surface area (Å²) in [6.45, 7) is 3.97. The Hall–Kier alpha value is -3.09. The highest BCUT2D eigenvalue weighted by atomic mass is 19.4. The van der Waals surface area contributed by atoms with Crippen LogP contribution in [0.5, 0.6) is 0 Å². The Bertz CT molecular complexity index is 1100. The molecule has 7 heteroatoms. The molecule has 0 aliphatic heterocycles. The zero-order valence-electron chi connectivity index (χ0n) is 14.8. The van der Waals surface area contributed by atoms with Gasteiger partial charge in [-0.1, -0.05) is 24.3 Å². The van der Waals surface area contributed by atoms with Crippen LogP contribution in [0.25, 0.3) is 16.7 Å². The van der Waals surface area contributed by atoms with Gasteiger partial charge in [0.1, 0.15) is 0 Å². The van der Waals surface area contributed by atoms with Crippen molar-refractivity contribution in [1.82, 2.24) is 19.3 Å². The van der Waals surface area contributed by atoms with Gasteiger partial charge in [0.2, 0.25) is 5.82 Å². The lowest BCUT2D eigenvalue weighted by Crippen LogP contribution is -2.15. The van der Waals surface area contributed by atoms with Gasteiger partial charge in [0.15, 0.2) is 0 Å². The van der Waals surface area contributed by atoms with Crippen LogP contribution >= 0.6 is 0 Å². The fraction of sp³-hybridized carbons (Fsp3) is 0.200. The molecule has 0 aliphatic carbocycles. The smallest absolute Gasteiger partial charge is 0.316 e. The lowest BCUT2D eigenvalue weighted by Gasteiger charge is -2.12. The normalized spacial score (nSPS) is 12.0. The first kappa shape index (κ1) is 17.3. The molecule has 0 spiro atoms. The summed E-state index contributed by atoms with van der Waals surface area (Å²) in [7, 11) is 0. The van der Waals surface area contributed by atoms with Crippen molar-refractivity contribution >= 4 is 11.0 Å². The zero-order chi connectivity index (χ0) is 19.2. The summed E-state index contributed by atoms with van der Waals surface area (Å²) >= 11 is 0. The number of alkyl halides is 3. The van der Waals surface area contributed by atoms with E-state index < -0.39 is 12.0 Å². The predicted molar refractivity (Wildman–Crippen MR) is 96.9 cm³/mol. The number of para-hydroxylation sites is 2. The van der Waals surface area contributed by atoms with E-state index in [1.54, 1.807) is 24.3 Å². The molecule has 2 heterocycles. The third-order valence-electron chi connectivity index (χ3n) is 4.44. The lowest BCUT2D eigenvalue weighted by molar-refractivity contribution is -0.146. The number of hydrogen-bond acceptors (Lipinski definition) is 2. The van der Waals surface area contributed by atoms with E-state index >= 15 is 0 Å². The van der Waals surface area contributed by atoms with Crippen molar-refractivity contribution in [3.05, 3.63) is 77.4 Å². The van der Waals surface area contributed by atoms with Crippen molar-refractivity contribution in [2.75, 3.05) is 0 Å². The molecule has 0 amide bonds. The van der Waals surface area contributed by atoms with Crippen LogP contribution in [0.4, 0.5) is 13.2 Å². The molecule has 0 unspecified atom stereocenters. The Balaban J connectivity index is 1.71. The van der Waals surface area contributed by atoms with Gasteiger partial charge in [-0.25, -0.2) is 9.67 Å². The summed E-state index contributed by atoms with van der Waals surface area (Å²) in [4.78, 5) is 3.78. The zero-order valence-corrected chi connectivity index (χ0v) is 14.8. The highest BCUT2D eigenvalue weighted by Crippen LogP contribution is 2.32. The van der Waals surface area contributed by atoms with E-state index in [1.165, 1.54) is 4.57 Å². The van der Waals surface area contributed by atoms with Crippen LogP contribution in [0, 0.1) is 13.8 Å². The van der Waals surface area contributed by atoms with Crippen LogP contribution < -0.4 is 0 Å². The number of benzene rings is 2. The van der Waals surface area contributed by atoms with Crippen molar-refractivity contribution in [1.29, 1.82) is 0 Å². The largest absolute Gasteiger partial charge is 0.449 e.